The highest BCUT2D eigenvalue weighted by atomic mass is 32.2. The van der Waals surface area contributed by atoms with Crippen molar-refractivity contribution in [1.82, 2.24) is 4.90 Å². The molecule has 0 saturated carbocycles. The monoisotopic (exact) mass is 441 g/mol. The van der Waals surface area contributed by atoms with E-state index in [0.717, 1.165) is 6.07 Å². The average Bonchev–Trinajstić information content (AvgIpc) is 2.73. The Morgan fingerprint density at radius 2 is 1.68 bits per heavy atom. The number of amides is 1. The van der Waals surface area contributed by atoms with Crippen LogP contribution in [0.1, 0.15) is 28.8 Å². The molecule has 1 amide bonds. The Hall–Kier alpha value is -3.96. The van der Waals surface area contributed by atoms with Gasteiger partial charge in [0.1, 0.15) is 0 Å². The predicted octanol–water partition coefficient (Wildman–Crippen LogP) is 2.97. The van der Waals surface area contributed by atoms with Crippen molar-refractivity contribution in [3.05, 3.63) is 63.7 Å². The van der Waals surface area contributed by atoms with Crippen LogP contribution < -0.4 is 4.72 Å². The smallest absolute Gasteiger partial charge is 0.273 e. The Bertz CT molecular complexity index is 1150. The molecule has 0 aliphatic carbocycles. The van der Waals surface area contributed by atoms with Crippen LogP contribution in [0.3, 0.4) is 0 Å². The largest absolute Gasteiger partial charge is 0.337 e. The highest BCUT2D eigenvalue weighted by Gasteiger charge is 2.20. The molecule has 0 aliphatic heterocycles. The van der Waals surface area contributed by atoms with E-state index >= 15 is 0 Å². The summed E-state index contributed by atoms with van der Waals surface area (Å²) in [6.07, 6.45) is 0.246. The van der Waals surface area contributed by atoms with Crippen molar-refractivity contribution in [1.29, 1.82) is 10.5 Å². The number of nitrogens with zero attached hydrogens (tertiary/aromatic N) is 4. The van der Waals surface area contributed by atoms with Gasteiger partial charge < -0.3 is 4.90 Å². The van der Waals surface area contributed by atoms with Crippen LogP contribution in [0.4, 0.5) is 11.4 Å². The van der Waals surface area contributed by atoms with Crippen LogP contribution in [-0.4, -0.2) is 37.2 Å². The summed E-state index contributed by atoms with van der Waals surface area (Å²) in [6, 6.07) is 13.1. The number of hydrogen-bond donors (Lipinski definition) is 1. The molecular formula is C20H19N5O5S. The Morgan fingerprint density at radius 3 is 2.19 bits per heavy atom. The van der Waals surface area contributed by atoms with Crippen LogP contribution in [0.2, 0.25) is 0 Å². The lowest BCUT2D eigenvalue weighted by atomic mass is 10.1. The molecule has 0 fully saturated rings. The van der Waals surface area contributed by atoms with E-state index in [1.165, 1.54) is 48.2 Å². The maximum Gasteiger partial charge on any atom is 0.273 e. The zero-order valence-electron chi connectivity index (χ0n) is 16.6. The van der Waals surface area contributed by atoms with Gasteiger partial charge in [0.2, 0.25) is 0 Å². The Morgan fingerprint density at radius 1 is 1.10 bits per heavy atom. The summed E-state index contributed by atoms with van der Waals surface area (Å²) in [5, 5.41) is 28.5. The van der Waals surface area contributed by atoms with Gasteiger partial charge in [0.05, 0.1) is 34.8 Å². The minimum absolute atomic E-state index is 0.123. The summed E-state index contributed by atoms with van der Waals surface area (Å²) in [7, 11) is -4.08. The molecule has 0 unspecified atom stereocenters. The summed E-state index contributed by atoms with van der Waals surface area (Å²) in [6.45, 7) is 1.86. The Labute approximate surface area is 179 Å². The molecule has 0 spiro atoms. The lowest BCUT2D eigenvalue weighted by Crippen LogP contribution is -2.32. The number of nitro benzene ring substituents is 1. The maximum absolute atomic E-state index is 12.6. The van der Waals surface area contributed by atoms with E-state index in [2.05, 4.69) is 4.72 Å². The van der Waals surface area contributed by atoms with E-state index in [1.54, 1.807) is 0 Å². The molecule has 1 N–H and O–H groups in total. The van der Waals surface area contributed by atoms with Crippen LogP contribution in [0, 0.1) is 39.7 Å². The average molecular weight is 441 g/mol. The van der Waals surface area contributed by atoms with Gasteiger partial charge in [0.25, 0.3) is 21.6 Å². The third-order valence-corrected chi connectivity index (χ3v) is 5.72. The van der Waals surface area contributed by atoms with Crippen LogP contribution in [0.25, 0.3) is 0 Å². The molecular weight excluding hydrogens is 422 g/mol. The minimum atomic E-state index is -4.08. The molecule has 10 nitrogen and oxygen atoms in total. The second-order valence-corrected chi connectivity index (χ2v) is 8.18. The lowest BCUT2D eigenvalue weighted by molar-refractivity contribution is -0.385. The summed E-state index contributed by atoms with van der Waals surface area (Å²) in [5.41, 5.74) is 0.466. The third-order valence-electron chi connectivity index (χ3n) is 4.35. The van der Waals surface area contributed by atoms with Gasteiger partial charge in [-0.1, -0.05) is 6.07 Å². The first-order valence-electron chi connectivity index (χ1n) is 9.10. The van der Waals surface area contributed by atoms with Crippen molar-refractivity contribution in [3.63, 3.8) is 0 Å². The summed E-state index contributed by atoms with van der Waals surface area (Å²) >= 11 is 0. The van der Waals surface area contributed by atoms with E-state index < -0.39 is 14.9 Å². The first-order chi connectivity index (χ1) is 14.7. The van der Waals surface area contributed by atoms with E-state index in [4.69, 9.17) is 10.5 Å². The fourth-order valence-electron chi connectivity index (χ4n) is 2.72. The highest BCUT2D eigenvalue weighted by molar-refractivity contribution is 7.92. The second kappa shape index (κ2) is 10.2. The lowest BCUT2D eigenvalue weighted by Gasteiger charge is -2.20. The van der Waals surface area contributed by atoms with Gasteiger partial charge in [-0.15, -0.1) is 0 Å². The number of nitro groups is 1. The number of hydrogen-bond acceptors (Lipinski definition) is 7. The number of benzene rings is 2. The molecule has 2 rings (SSSR count). The zero-order chi connectivity index (χ0) is 23.0. The van der Waals surface area contributed by atoms with Crippen molar-refractivity contribution < 1.29 is 18.1 Å². The van der Waals surface area contributed by atoms with Crippen molar-refractivity contribution in [2.24, 2.45) is 0 Å². The van der Waals surface area contributed by atoms with Gasteiger partial charge in [-0.05, 0) is 37.3 Å². The first-order valence-corrected chi connectivity index (χ1v) is 10.6. The predicted molar refractivity (Wildman–Crippen MR) is 111 cm³/mol. The molecule has 0 saturated heterocycles. The number of carbonyl (C=O) groups is 1. The third kappa shape index (κ3) is 6.01. The van der Waals surface area contributed by atoms with E-state index in [0.29, 0.717) is 5.56 Å². The number of rotatable bonds is 9. The van der Waals surface area contributed by atoms with Crippen molar-refractivity contribution in [2.45, 2.75) is 24.7 Å². The van der Waals surface area contributed by atoms with Gasteiger partial charge in [0, 0.05) is 36.0 Å². The molecule has 0 aliphatic rings. The zero-order valence-corrected chi connectivity index (χ0v) is 17.4. The quantitative estimate of drug-likeness (QED) is 0.463. The molecule has 160 valence electrons. The van der Waals surface area contributed by atoms with Gasteiger partial charge in [-0.25, -0.2) is 8.42 Å². The van der Waals surface area contributed by atoms with E-state index in [-0.39, 0.29) is 53.7 Å². The van der Waals surface area contributed by atoms with Crippen LogP contribution in [0.15, 0.2) is 47.4 Å². The Kier molecular flexibility index (Phi) is 7.66. The van der Waals surface area contributed by atoms with Gasteiger partial charge >= 0.3 is 0 Å². The fraction of sp³-hybridized carbons (Fsp3) is 0.250. The maximum atomic E-state index is 12.6. The molecule has 0 heterocycles. The SMILES string of the molecule is Cc1ccc(S(=O)(=O)Nc2ccc(C(=O)N(CCC#N)CCC#N)cc2)cc1[N+](=O)[O-]. The molecule has 31 heavy (non-hydrogen) atoms. The normalized spacial score (nSPS) is 10.5. The molecule has 2 aromatic rings. The summed E-state index contributed by atoms with van der Waals surface area (Å²) < 4.78 is 27.5. The molecule has 0 bridgehead atoms. The number of aryl methyl sites for hydroxylation is 1. The van der Waals surface area contributed by atoms with Gasteiger partial charge in [-0.2, -0.15) is 10.5 Å². The van der Waals surface area contributed by atoms with Crippen LogP contribution >= 0.6 is 0 Å². The standard InChI is InChI=1S/C20H19N5O5S/c1-15-4-9-18(14-19(15)25(27)28)31(29,30)23-17-7-5-16(6-8-17)20(26)24(12-2-10-21)13-3-11-22/h4-9,14,23H,2-3,12-13H2,1H3. The summed E-state index contributed by atoms with van der Waals surface area (Å²) in [4.78, 5) is 24.2. The number of nitriles is 2. The highest BCUT2D eigenvalue weighted by Crippen LogP contribution is 2.24. The molecule has 2 aromatic carbocycles. The van der Waals surface area contributed by atoms with Crippen molar-refractivity contribution >= 4 is 27.3 Å². The number of carbonyl (C=O) groups excluding carboxylic acids is 1. The van der Waals surface area contributed by atoms with Crippen molar-refractivity contribution in [2.75, 3.05) is 17.8 Å². The van der Waals surface area contributed by atoms with Crippen molar-refractivity contribution in [3.8, 4) is 12.1 Å². The van der Waals surface area contributed by atoms with Gasteiger partial charge in [0.15, 0.2) is 0 Å². The molecule has 0 atom stereocenters. The van der Waals surface area contributed by atoms with E-state index in [1.807, 2.05) is 12.1 Å². The number of nitrogens with one attached hydrogen (secondary N) is 1. The minimum Gasteiger partial charge on any atom is -0.337 e. The first kappa shape index (κ1) is 23.3. The molecule has 0 aromatic heterocycles. The van der Waals surface area contributed by atoms with Crippen LogP contribution in [-0.2, 0) is 10.0 Å². The van der Waals surface area contributed by atoms with Gasteiger partial charge in [-0.3, -0.25) is 19.6 Å². The second-order valence-electron chi connectivity index (χ2n) is 6.50. The number of sulfonamides is 1. The van der Waals surface area contributed by atoms with Crippen LogP contribution in [0.5, 0.6) is 0 Å². The topological polar surface area (TPSA) is 157 Å². The summed E-state index contributed by atoms with van der Waals surface area (Å²) in [5.74, 6) is -0.380. The van der Waals surface area contributed by atoms with E-state index in [9.17, 15) is 23.3 Å². The fourth-order valence-corrected chi connectivity index (χ4v) is 3.79. The Balaban J connectivity index is 2.20. The molecule has 11 heteroatoms. The molecule has 0 radical (unpaired) electrons. The number of anilines is 1.